The number of carbonyl (C=O) groups is 2. The highest BCUT2D eigenvalue weighted by atomic mass is 24.3. The van der Waals surface area contributed by atoms with Gasteiger partial charge in [0.15, 0.2) is 5.41 Å². The standard InChI is InChI=1S/C16H30O4.Mg.2H/c1-5-6-7-8-9-10-11-12-16(13(17)18,14(19)20)15(2,3)4;;;/h5-12H2,1-4H3,(H,17,18)(H,19,20);;;. The zero-order valence-electron chi connectivity index (χ0n) is 13.4. The average molecular weight is 313 g/mol. The molecular formula is C16H32MgO4. The smallest absolute Gasteiger partial charge is 0.321 e. The normalized spacial score (nSPS) is 11.8. The molecule has 0 spiro atoms. The van der Waals surface area contributed by atoms with Crippen molar-refractivity contribution in [1.29, 1.82) is 0 Å². The van der Waals surface area contributed by atoms with Gasteiger partial charge in [0.25, 0.3) is 0 Å². The minimum absolute atomic E-state index is 0. The third-order valence-electron chi connectivity index (χ3n) is 4.17. The van der Waals surface area contributed by atoms with Crippen LogP contribution in [0.25, 0.3) is 0 Å². The molecule has 0 saturated heterocycles. The lowest BCUT2D eigenvalue weighted by Gasteiger charge is -2.37. The van der Waals surface area contributed by atoms with E-state index in [9.17, 15) is 19.8 Å². The Morgan fingerprint density at radius 1 is 0.810 bits per heavy atom. The van der Waals surface area contributed by atoms with Crippen molar-refractivity contribution in [2.24, 2.45) is 10.8 Å². The maximum atomic E-state index is 11.5. The molecule has 0 unspecified atom stereocenters. The van der Waals surface area contributed by atoms with E-state index in [1.807, 2.05) is 0 Å². The highest BCUT2D eigenvalue weighted by Gasteiger charge is 2.54. The van der Waals surface area contributed by atoms with E-state index in [1.54, 1.807) is 20.8 Å². The van der Waals surface area contributed by atoms with Gasteiger partial charge in [-0.3, -0.25) is 9.59 Å². The molecule has 0 fully saturated rings. The number of rotatable bonds is 10. The van der Waals surface area contributed by atoms with Gasteiger partial charge in [0.2, 0.25) is 0 Å². The largest absolute Gasteiger partial charge is 0.480 e. The molecule has 0 rings (SSSR count). The van der Waals surface area contributed by atoms with Gasteiger partial charge in [-0.15, -0.1) is 0 Å². The second kappa shape index (κ2) is 10.4. The maximum Gasteiger partial charge on any atom is 0.321 e. The fourth-order valence-electron chi connectivity index (χ4n) is 2.67. The van der Waals surface area contributed by atoms with Crippen molar-refractivity contribution in [2.75, 3.05) is 0 Å². The number of unbranched alkanes of at least 4 members (excludes halogenated alkanes) is 6. The second-order valence-electron chi connectivity index (χ2n) is 6.64. The van der Waals surface area contributed by atoms with Gasteiger partial charge in [-0.2, -0.15) is 0 Å². The Morgan fingerprint density at radius 2 is 1.19 bits per heavy atom. The average Bonchev–Trinajstić information content (AvgIpc) is 2.30. The first-order valence-electron chi connectivity index (χ1n) is 7.67. The van der Waals surface area contributed by atoms with E-state index in [0.29, 0.717) is 6.42 Å². The topological polar surface area (TPSA) is 74.6 Å². The summed E-state index contributed by atoms with van der Waals surface area (Å²) in [4.78, 5) is 23.1. The van der Waals surface area contributed by atoms with Crippen molar-refractivity contribution in [3.05, 3.63) is 0 Å². The fraction of sp³-hybridized carbons (Fsp3) is 0.875. The van der Waals surface area contributed by atoms with Crippen molar-refractivity contribution in [2.45, 2.75) is 79.1 Å². The summed E-state index contributed by atoms with van der Waals surface area (Å²) < 4.78 is 0. The number of carboxylic acid groups (broad SMARTS) is 2. The Morgan fingerprint density at radius 3 is 1.52 bits per heavy atom. The fourth-order valence-corrected chi connectivity index (χ4v) is 2.67. The minimum atomic E-state index is -1.68. The highest BCUT2D eigenvalue weighted by Crippen LogP contribution is 2.43. The van der Waals surface area contributed by atoms with Gasteiger partial charge in [0, 0.05) is 0 Å². The molecular weight excluding hydrogens is 280 g/mol. The minimum Gasteiger partial charge on any atom is -0.480 e. The SMILES string of the molecule is CCCCCCCCCC(C(=O)O)(C(=O)O)C(C)(C)C.[MgH2]. The lowest BCUT2D eigenvalue weighted by molar-refractivity contribution is -0.174. The Bertz CT molecular complexity index is 307. The first kappa shape index (κ1) is 23.0. The first-order chi connectivity index (χ1) is 9.20. The van der Waals surface area contributed by atoms with Gasteiger partial charge in [-0.05, 0) is 11.8 Å². The van der Waals surface area contributed by atoms with Crippen LogP contribution in [0, 0.1) is 10.8 Å². The number of hydrogen-bond acceptors (Lipinski definition) is 2. The van der Waals surface area contributed by atoms with Crippen LogP contribution in [0.4, 0.5) is 0 Å². The van der Waals surface area contributed by atoms with Gasteiger partial charge in [-0.1, -0.05) is 72.6 Å². The van der Waals surface area contributed by atoms with Crippen LogP contribution in [0.1, 0.15) is 79.1 Å². The molecule has 0 amide bonds. The Balaban J connectivity index is 0. The van der Waals surface area contributed by atoms with Crippen molar-refractivity contribution in [3.63, 3.8) is 0 Å². The molecule has 0 radical (unpaired) electrons. The summed E-state index contributed by atoms with van der Waals surface area (Å²) in [7, 11) is 0. The Hall–Kier alpha value is -0.294. The molecule has 4 nitrogen and oxygen atoms in total. The van der Waals surface area contributed by atoms with Gasteiger partial charge < -0.3 is 10.2 Å². The predicted octanol–water partition coefficient (Wildman–Crippen LogP) is 3.41. The van der Waals surface area contributed by atoms with Gasteiger partial charge in [0.05, 0.1) is 0 Å². The quantitative estimate of drug-likeness (QED) is 0.368. The zero-order chi connectivity index (χ0) is 15.8. The van der Waals surface area contributed by atoms with E-state index in [1.165, 1.54) is 19.3 Å². The number of aliphatic carboxylic acids is 2. The van der Waals surface area contributed by atoms with Gasteiger partial charge in [0.1, 0.15) is 0 Å². The van der Waals surface area contributed by atoms with E-state index in [0.717, 1.165) is 19.3 Å². The lowest BCUT2D eigenvalue weighted by atomic mass is 9.64. The Kier molecular flexibility index (Phi) is 11.4. The summed E-state index contributed by atoms with van der Waals surface area (Å²) in [6.45, 7) is 7.24. The van der Waals surface area contributed by atoms with E-state index in [4.69, 9.17) is 0 Å². The summed E-state index contributed by atoms with van der Waals surface area (Å²) in [6, 6.07) is 0. The van der Waals surface area contributed by atoms with Crippen LogP contribution >= 0.6 is 0 Å². The molecule has 0 aromatic carbocycles. The molecule has 0 saturated carbocycles. The van der Waals surface area contributed by atoms with E-state index in [2.05, 4.69) is 6.92 Å². The highest BCUT2D eigenvalue weighted by molar-refractivity contribution is 5.99. The molecule has 0 aromatic rings. The molecule has 0 aliphatic carbocycles. The van der Waals surface area contributed by atoms with E-state index in [-0.39, 0.29) is 29.5 Å². The molecule has 0 aliphatic rings. The number of carboxylic acids is 2. The summed E-state index contributed by atoms with van der Waals surface area (Å²) in [5.74, 6) is -2.44. The second-order valence-corrected chi connectivity index (χ2v) is 6.64. The van der Waals surface area contributed by atoms with Crippen molar-refractivity contribution in [1.82, 2.24) is 0 Å². The van der Waals surface area contributed by atoms with Crippen LogP contribution in [-0.2, 0) is 9.59 Å². The monoisotopic (exact) mass is 312 g/mol. The molecule has 21 heavy (non-hydrogen) atoms. The van der Waals surface area contributed by atoms with Crippen LogP contribution in [-0.4, -0.2) is 45.2 Å². The van der Waals surface area contributed by atoms with Gasteiger partial charge in [-0.25, -0.2) is 0 Å². The summed E-state index contributed by atoms with van der Waals surface area (Å²) in [5.41, 5.74) is -2.48. The third kappa shape index (κ3) is 6.55. The molecule has 0 aliphatic heterocycles. The molecule has 0 aromatic heterocycles. The molecule has 0 heterocycles. The molecule has 122 valence electrons. The zero-order valence-corrected chi connectivity index (χ0v) is 13.4. The predicted molar refractivity (Wildman–Crippen MR) is 88.3 cm³/mol. The van der Waals surface area contributed by atoms with Crippen molar-refractivity contribution < 1.29 is 19.8 Å². The van der Waals surface area contributed by atoms with Crippen molar-refractivity contribution in [3.8, 4) is 0 Å². The Labute approximate surface area is 144 Å². The first-order valence-corrected chi connectivity index (χ1v) is 7.67. The van der Waals surface area contributed by atoms with Crippen LogP contribution in [0.3, 0.4) is 0 Å². The number of hydrogen-bond donors (Lipinski definition) is 2. The maximum absolute atomic E-state index is 11.5. The van der Waals surface area contributed by atoms with Crippen LogP contribution in [0.15, 0.2) is 0 Å². The van der Waals surface area contributed by atoms with E-state index < -0.39 is 22.8 Å². The third-order valence-corrected chi connectivity index (χ3v) is 4.17. The van der Waals surface area contributed by atoms with Crippen molar-refractivity contribution >= 4 is 35.0 Å². The van der Waals surface area contributed by atoms with Crippen LogP contribution < -0.4 is 0 Å². The molecule has 2 N–H and O–H groups in total. The lowest BCUT2D eigenvalue weighted by Crippen LogP contribution is -2.49. The van der Waals surface area contributed by atoms with Crippen LogP contribution in [0.5, 0.6) is 0 Å². The summed E-state index contributed by atoms with van der Waals surface area (Å²) >= 11 is 0. The molecule has 0 atom stereocenters. The van der Waals surface area contributed by atoms with Gasteiger partial charge >= 0.3 is 35.0 Å². The molecule has 0 bridgehead atoms. The molecule has 5 heteroatoms. The van der Waals surface area contributed by atoms with E-state index >= 15 is 0 Å². The summed E-state index contributed by atoms with van der Waals surface area (Å²) in [6.07, 6.45) is 7.61. The van der Waals surface area contributed by atoms with Crippen LogP contribution in [0.2, 0.25) is 0 Å². The summed E-state index contributed by atoms with van der Waals surface area (Å²) in [5, 5.41) is 18.8.